The zero-order chi connectivity index (χ0) is 14.1. The molecule has 0 aliphatic heterocycles. The maximum Gasteiger partial charge on any atom is 0.372 e. The van der Waals surface area contributed by atoms with Gasteiger partial charge in [0.05, 0.1) is 12.2 Å². The molecule has 6 heteroatoms. The molecular weight excluding hydrogens is 280 g/mol. The van der Waals surface area contributed by atoms with E-state index in [1.54, 1.807) is 29.1 Å². The number of carbonyl (C=O) groups excluding carboxylic acids is 2. The first kappa shape index (κ1) is 18.4. The lowest BCUT2D eigenvalue weighted by atomic mass is 10.2. The summed E-state index contributed by atoms with van der Waals surface area (Å²) in [5.74, 6) is -0.751. The van der Waals surface area contributed by atoms with E-state index in [1.165, 1.54) is 6.42 Å². The number of esters is 1. The van der Waals surface area contributed by atoms with E-state index in [-0.39, 0.29) is 24.9 Å². The number of primary amides is 1. The van der Waals surface area contributed by atoms with E-state index in [9.17, 15) is 9.59 Å². The van der Waals surface area contributed by atoms with Crippen LogP contribution in [-0.4, -0.2) is 18.5 Å². The molecule has 1 heterocycles. The third kappa shape index (κ3) is 7.09. The zero-order valence-corrected chi connectivity index (χ0v) is 12.5. The predicted octanol–water partition coefficient (Wildman–Crippen LogP) is 1.62. The summed E-state index contributed by atoms with van der Waals surface area (Å²) in [4.78, 5) is 22.4. The molecule has 0 spiro atoms. The van der Waals surface area contributed by atoms with Crippen molar-refractivity contribution in [3.8, 4) is 0 Å². The SMILES string of the molecule is CCCCCCOC(=O)C[n+]1ccc(C(N)=O)cc1.Cl. The first-order valence-electron chi connectivity index (χ1n) is 6.58. The quantitative estimate of drug-likeness (QED) is 0.450. The lowest BCUT2D eigenvalue weighted by Gasteiger charge is -2.02. The Labute approximate surface area is 125 Å². The van der Waals surface area contributed by atoms with Gasteiger partial charge in [-0.2, -0.15) is 4.57 Å². The average Bonchev–Trinajstić information content (AvgIpc) is 2.39. The molecule has 0 unspecified atom stereocenters. The molecule has 0 atom stereocenters. The Hall–Kier alpha value is -1.62. The molecule has 0 aliphatic rings. The number of unbranched alkanes of at least 4 members (excludes halogenated alkanes) is 3. The Bertz CT molecular complexity index is 421. The standard InChI is InChI=1S/C14H20N2O3.ClH/c1-2-3-4-5-10-19-13(17)11-16-8-6-12(7-9-16)14(15)18;/h6-9H,2-5,10-11H2,1H3,(H-,15,18);1H/p+1. The summed E-state index contributed by atoms with van der Waals surface area (Å²) in [6.07, 6.45) is 7.60. The van der Waals surface area contributed by atoms with Crippen molar-refractivity contribution in [3.63, 3.8) is 0 Å². The number of ether oxygens (including phenoxy) is 1. The lowest BCUT2D eigenvalue weighted by Crippen LogP contribution is -2.38. The normalized spacial score (nSPS) is 9.65. The largest absolute Gasteiger partial charge is 0.461 e. The second-order valence-corrected chi connectivity index (χ2v) is 4.40. The number of nitrogens with zero attached hydrogens (tertiary/aromatic N) is 1. The molecule has 1 amide bonds. The monoisotopic (exact) mass is 301 g/mol. The number of hydrogen-bond donors (Lipinski definition) is 1. The second kappa shape index (κ2) is 10.2. The van der Waals surface area contributed by atoms with Gasteiger partial charge < -0.3 is 10.5 Å². The Balaban J connectivity index is 0.00000361. The fraction of sp³-hybridized carbons (Fsp3) is 0.500. The van der Waals surface area contributed by atoms with Crippen molar-refractivity contribution in [2.75, 3.05) is 6.61 Å². The van der Waals surface area contributed by atoms with E-state index in [4.69, 9.17) is 10.5 Å². The molecule has 0 radical (unpaired) electrons. The van der Waals surface area contributed by atoms with Crippen molar-refractivity contribution in [1.82, 2.24) is 0 Å². The van der Waals surface area contributed by atoms with Crippen LogP contribution < -0.4 is 10.3 Å². The zero-order valence-electron chi connectivity index (χ0n) is 11.7. The van der Waals surface area contributed by atoms with Crippen LogP contribution in [0.1, 0.15) is 43.0 Å². The molecule has 0 aromatic carbocycles. The fourth-order valence-electron chi connectivity index (χ4n) is 1.64. The summed E-state index contributed by atoms with van der Waals surface area (Å²) in [5.41, 5.74) is 5.55. The van der Waals surface area contributed by atoms with E-state index in [0.717, 1.165) is 19.3 Å². The van der Waals surface area contributed by atoms with Crippen LogP contribution >= 0.6 is 12.4 Å². The third-order valence-electron chi connectivity index (χ3n) is 2.75. The smallest absolute Gasteiger partial charge is 0.372 e. The van der Waals surface area contributed by atoms with E-state index >= 15 is 0 Å². The summed E-state index contributed by atoms with van der Waals surface area (Å²) < 4.78 is 6.77. The summed E-state index contributed by atoms with van der Waals surface area (Å²) in [7, 11) is 0. The molecule has 0 fully saturated rings. The van der Waals surface area contributed by atoms with Crippen LogP contribution in [0.3, 0.4) is 0 Å². The number of halogens is 1. The van der Waals surface area contributed by atoms with Crippen molar-refractivity contribution in [2.45, 2.75) is 39.2 Å². The van der Waals surface area contributed by atoms with Gasteiger partial charge in [0.2, 0.25) is 12.5 Å². The number of hydrogen-bond acceptors (Lipinski definition) is 3. The minimum atomic E-state index is -0.481. The molecule has 2 N–H and O–H groups in total. The predicted molar refractivity (Wildman–Crippen MR) is 77.5 cm³/mol. The molecular formula is C14H22ClN2O3+. The van der Waals surface area contributed by atoms with Gasteiger partial charge in [0.1, 0.15) is 0 Å². The Morgan fingerprint density at radius 2 is 1.85 bits per heavy atom. The van der Waals surface area contributed by atoms with Crippen LogP contribution in [0, 0.1) is 0 Å². The van der Waals surface area contributed by atoms with Crippen molar-refractivity contribution in [2.24, 2.45) is 5.73 Å². The highest BCUT2D eigenvalue weighted by Gasteiger charge is 2.11. The second-order valence-electron chi connectivity index (χ2n) is 4.40. The molecule has 1 aromatic rings. The summed E-state index contributed by atoms with van der Waals surface area (Å²) in [5, 5.41) is 0. The molecule has 0 bridgehead atoms. The first-order chi connectivity index (χ1) is 9.13. The highest BCUT2D eigenvalue weighted by Crippen LogP contribution is 1.99. The first-order valence-corrected chi connectivity index (χ1v) is 6.58. The van der Waals surface area contributed by atoms with Gasteiger partial charge in [0, 0.05) is 12.1 Å². The van der Waals surface area contributed by atoms with Crippen LogP contribution in [0.2, 0.25) is 0 Å². The van der Waals surface area contributed by atoms with Crippen LogP contribution in [0.5, 0.6) is 0 Å². The number of rotatable bonds is 8. The maximum absolute atomic E-state index is 11.5. The lowest BCUT2D eigenvalue weighted by molar-refractivity contribution is -0.686. The minimum Gasteiger partial charge on any atom is -0.461 e. The topological polar surface area (TPSA) is 73.3 Å². The summed E-state index contributed by atoms with van der Waals surface area (Å²) >= 11 is 0. The number of pyridine rings is 1. The van der Waals surface area contributed by atoms with Gasteiger partial charge in [0.25, 0.3) is 0 Å². The fourth-order valence-corrected chi connectivity index (χ4v) is 1.64. The number of carbonyl (C=O) groups is 2. The molecule has 1 rings (SSSR count). The third-order valence-corrected chi connectivity index (χ3v) is 2.75. The maximum atomic E-state index is 11.5. The van der Waals surface area contributed by atoms with Crippen molar-refractivity contribution < 1.29 is 18.9 Å². The Morgan fingerprint density at radius 1 is 1.20 bits per heavy atom. The van der Waals surface area contributed by atoms with Crippen LogP contribution in [0.25, 0.3) is 0 Å². The highest BCUT2D eigenvalue weighted by atomic mass is 35.5. The van der Waals surface area contributed by atoms with Gasteiger partial charge in [-0.15, -0.1) is 12.4 Å². The van der Waals surface area contributed by atoms with Gasteiger partial charge >= 0.3 is 5.97 Å². The molecule has 112 valence electrons. The molecule has 5 nitrogen and oxygen atoms in total. The highest BCUT2D eigenvalue weighted by molar-refractivity contribution is 5.92. The van der Waals surface area contributed by atoms with Gasteiger partial charge in [-0.25, -0.2) is 4.79 Å². The van der Waals surface area contributed by atoms with Crippen LogP contribution in [0.4, 0.5) is 0 Å². The van der Waals surface area contributed by atoms with Gasteiger partial charge in [0.15, 0.2) is 12.4 Å². The number of nitrogens with two attached hydrogens (primary N) is 1. The Morgan fingerprint density at radius 3 is 2.40 bits per heavy atom. The molecule has 0 aliphatic carbocycles. The summed E-state index contributed by atoms with van der Waals surface area (Å²) in [6, 6.07) is 3.16. The van der Waals surface area contributed by atoms with Gasteiger partial charge in [-0.05, 0) is 6.42 Å². The van der Waals surface area contributed by atoms with Gasteiger partial charge in [-0.3, -0.25) is 4.79 Å². The van der Waals surface area contributed by atoms with Crippen molar-refractivity contribution in [1.29, 1.82) is 0 Å². The minimum absolute atomic E-state index is 0. The number of amides is 1. The Kier molecular flexibility index (Phi) is 9.38. The molecule has 20 heavy (non-hydrogen) atoms. The van der Waals surface area contributed by atoms with Gasteiger partial charge in [-0.1, -0.05) is 26.2 Å². The van der Waals surface area contributed by atoms with Crippen molar-refractivity contribution >= 4 is 24.3 Å². The average molecular weight is 302 g/mol. The molecule has 0 saturated heterocycles. The number of aromatic nitrogens is 1. The summed E-state index contributed by atoms with van der Waals surface area (Å²) in [6.45, 7) is 2.75. The van der Waals surface area contributed by atoms with E-state index in [2.05, 4.69) is 6.92 Å². The van der Waals surface area contributed by atoms with E-state index in [1.807, 2.05) is 0 Å². The van der Waals surface area contributed by atoms with Crippen LogP contribution in [-0.2, 0) is 16.1 Å². The molecule has 0 saturated carbocycles. The van der Waals surface area contributed by atoms with E-state index < -0.39 is 5.91 Å². The van der Waals surface area contributed by atoms with Crippen molar-refractivity contribution in [3.05, 3.63) is 30.1 Å². The molecule has 1 aromatic heterocycles. The van der Waals surface area contributed by atoms with Crippen LogP contribution in [0.15, 0.2) is 24.5 Å². The van der Waals surface area contributed by atoms with E-state index in [0.29, 0.717) is 12.2 Å².